The van der Waals surface area contributed by atoms with Gasteiger partial charge in [-0.2, -0.15) is 0 Å². The molecule has 0 aliphatic heterocycles. The highest BCUT2D eigenvalue weighted by molar-refractivity contribution is 6.46. The average Bonchev–Trinajstić information content (AvgIpc) is 2.01. The molecule has 0 aromatic rings. The van der Waals surface area contributed by atoms with E-state index in [1.165, 1.54) is 5.34 Å². The molecule has 0 amide bonds. The van der Waals surface area contributed by atoms with Crippen LogP contribution >= 0.6 is 0 Å². The number of nitrogens with two attached hydrogens (primary N) is 1. The topological polar surface area (TPSA) is 212 Å². The largest absolute Gasteiger partial charge is 0.668 e. The molecule has 1 unspecified atom stereocenters. The molecular formula is C4H19N3O7Si. The second-order valence-electron chi connectivity index (χ2n) is 1.98. The van der Waals surface area contributed by atoms with E-state index < -0.39 is 9.05 Å². The van der Waals surface area contributed by atoms with Crippen LogP contribution in [-0.2, 0) is 0 Å². The zero-order valence-corrected chi connectivity index (χ0v) is 9.31. The highest BCUT2D eigenvalue weighted by atomic mass is 28.4. The fourth-order valence-electron chi connectivity index (χ4n) is 0.167. The molecule has 0 spiro atoms. The van der Waals surface area contributed by atoms with Crippen molar-refractivity contribution in [3.8, 4) is 0 Å². The Hall–Kier alpha value is -0.663. The Bertz CT molecular complexity index is 111. The summed E-state index contributed by atoms with van der Waals surface area (Å²) in [6.45, 7) is 2.29. The normalized spacial score (nSPS) is 10.6. The summed E-state index contributed by atoms with van der Waals surface area (Å²) in [5.74, 6) is 0. The van der Waals surface area contributed by atoms with Gasteiger partial charge < -0.3 is 41.4 Å². The summed E-state index contributed by atoms with van der Waals surface area (Å²) in [5.41, 5.74) is 5.03. The first-order valence-corrected chi connectivity index (χ1v) is 5.26. The van der Waals surface area contributed by atoms with Crippen LogP contribution in [0.2, 0.25) is 0 Å². The van der Waals surface area contributed by atoms with Gasteiger partial charge in [-0.05, 0) is 6.42 Å². The first-order valence-electron chi connectivity index (χ1n) is 3.47. The molecule has 0 aromatic carbocycles. The molecule has 0 heterocycles. The monoisotopic (exact) mass is 249 g/mol. The van der Waals surface area contributed by atoms with Gasteiger partial charge in [0, 0.05) is 6.54 Å². The Balaban J connectivity index is -0.0000000617. The van der Waals surface area contributed by atoms with E-state index in [2.05, 4.69) is 0 Å². The molecule has 11 N–H and O–H groups in total. The van der Waals surface area contributed by atoms with Crippen molar-refractivity contribution in [1.29, 1.82) is 0 Å². The molecule has 0 radical (unpaired) electrons. The first-order chi connectivity index (χ1) is 6.22. The van der Waals surface area contributed by atoms with Crippen LogP contribution in [0.1, 0.15) is 13.3 Å². The van der Waals surface area contributed by atoms with Gasteiger partial charge in [0.2, 0.25) is 0 Å². The van der Waals surface area contributed by atoms with E-state index in [4.69, 9.17) is 40.1 Å². The molecule has 0 aliphatic rings. The molecule has 15 heavy (non-hydrogen) atoms. The second-order valence-corrected chi connectivity index (χ2v) is 3.18. The van der Waals surface area contributed by atoms with Crippen LogP contribution in [0.15, 0.2) is 5.34 Å². The van der Waals surface area contributed by atoms with Crippen molar-refractivity contribution < 1.29 is 29.5 Å². The molecule has 1 atom stereocenters. The zero-order chi connectivity index (χ0) is 12.2. The second kappa shape index (κ2) is 15.8. The van der Waals surface area contributed by atoms with Crippen LogP contribution < -0.4 is 11.9 Å². The van der Waals surface area contributed by atoms with Crippen LogP contribution in [0.3, 0.4) is 0 Å². The number of hydrogen-bond acceptors (Lipinski definition) is 9. The predicted molar refractivity (Wildman–Crippen MR) is 52.6 cm³/mol. The maximum absolute atomic E-state index is 8.54. The fourth-order valence-corrected chi connectivity index (χ4v) is 0.167. The highest BCUT2D eigenvalue weighted by Gasteiger charge is 2.22. The lowest BCUT2D eigenvalue weighted by atomic mass is 10.3. The van der Waals surface area contributed by atoms with E-state index in [1.54, 1.807) is 0 Å². The summed E-state index contributed by atoms with van der Waals surface area (Å²) >= 11 is 0. The maximum atomic E-state index is 8.54. The number of aliphatic hydroxyl groups excluding tert-OH is 1. The van der Waals surface area contributed by atoms with E-state index in [1.807, 2.05) is 6.92 Å². The minimum atomic E-state index is -4.61. The molecule has 11 heteroatoms. The van der Waals surface area contributed by atoms with E-state index in [-0.39, 0.29) is 12.3 Å². The Kier molecular flexibility index (Phi) is 25.1. The van der Waals surface area contributed by atoms with E-state index in [9.17, 15) is 0 Å². The van der Waals surface area contributed by atoms with Crippen molar-refractivity contribution >= 4 is 9.05 Å². The Morgan fingerprint density at radius 3 is 1.53 bits per heavy atom. The third-order valence-electron chi connectivity index (χ3n) is 0.743. The van der Waals surface area contributed by atoms with Gasteiger partial charge in [-0.25, -0.2) is 0 Å². The molecule has 96 valence electrons. The molecule has 0 saturated heterocycles. The maximum Gasteiger partial charge on any atom is 0.668 e. The summed E-state index contributed by atoms with van der Waals surface area (Å²) in [6, 6.07) is 0. The molecule has 0 saturated carbocycles. The van der Waals surface area contributed by atoms with Gasteiger partial charge in [0.25, 0.3) is 0 Å². The highest BCUT2D eigenvalue weighted by Crippen LogP contribution is 1.81. The summed E-state index contributed by atoms with van der Waals surface area (Å²) in [4.78, 5) is 37.4. The van der Waals surface area contributed by atoms with Gasteiger partial charge in [-0.1, -0.05) is 6.92 Å². The minimum absolute atomic E-state index is 0. The van der Waals surface area contributed by atoms with Gasteiger partial charge >= 0.3 is 9.05 Å². The van der Waals surface area contributed by atoms with Crippen LogP contribution in [0.4, 0.5) is 0 Å². The Morgan fingerprint density at radius 2 is 1.53 bits per heavy atom. The van der Waals surface area contributed by atoms with E-state index in [0.29, 0.717) is 6.54 Å². The standard InChI is InChI=1S/C4H11NO.HNO2.H3N.H4O4Si/c1-2-4(6)3-5;2-1-3;;1-5(2,3)4/h4,6H,2-3,5H2,1H3;(H,2,3);1H3;1-4H. The summed E-state index contributed by atoms with van der Waals surface area (Å²) in [7, 11) is -4.61. The van der Waals surface area contributed by atoms with Crippen LogP contribution in [0.5, 0.6) is 0 Å². The summed E-state index contributed by atoms with van der Waals surface area (Å²) in [6.07, 6.45) is 0.473. The van der Waals surface area contributed by atoms with Crippen molar-refractivity contribution in [2.24, 2.45) is 11.1 Å². The molecule has 0 fully saturated rings. The van der Waals surface area contributed by atoms with Crippen molar-refractivity contribution in [3.63, 3.8) is 0 Å². The SMILES string of the molecule is CCC(O)CN.N.O=NO.O[Si](O)(O)O. The summed E-state index contributed by atoms with van der Waals surface area (Å²) < 4.78 is 0. The van der Waals surface area contributed by atoms with Gasteiger partial charge in [0.05, 0.1) is 6.10 Å². The van der Waals surface area contributed by atoms with Crippen molar-refractivity contribution in [1.82, 2.24) is 6.15 Å². The van der Waals surface area contributed by atoms with E-state index in [0.717, 1.165) is 6.42 Å². The summed E-state index contributed by atoms with van der Waals surface area (Å²) in [5, 5.41) is 16.4. The third kappa shape index (κ3) is 154. The van der Waals surface area contributed by atoms with Crippen LogP contribution in [0, 0.1) is 4.91 Å². The van der Waals surface area contributed by atoms with Crippen molar-refractivity contribution in [2.45, 2.75) is 19.4 Å². The van der Waals surface area contributed by atoms with Gasteiger partial charge in [0.15, 0.2) is 5.34 Å². The molecule has 0 aliphatic carbocycles. The number of hydrogen-bond donors (Lipinski definition) is 8. The van der Waals surface area contributed by atoms with Crippen LogP contribution in [0.25, 0.3) is 0 Å². The van der Waals surface area contributed by atoms with Crippen molar-refractivity contribution in [2.75, 3.05) is 6.54 Å². The molecular weight excluding hydrogens is 230 g/mol. The quantitative estimate of drug-likeness (QED) is 0.146. The average molecular weight is 249 g/mol. The zero-order valence-electron chi connectivity index (χ0n) is 8.31. The fraction of sp³-hybridized carbons (Fsp3) is 1.00. The Morgan fingerprint density at radius 1 is 1.33 bits per heavy atom. The molecule has 0 aromatic heterocycles. The smallest absolute Gasteiger partial charge is 0.392 e. The van der Waals surface area contributed by atoms with E-state index >= 15 is 0 Å². The molecule has 10 nitrogen and oxygen atoms in total. The number of aliphatic hydroxyl groups is 1. The molecule has 0 bridgehead atoms. The lowest BCUT2D eigenvalue weighted by Crippen LogP contribution is -2.33. The molecule has 0 rings (SSSR count). The lowest BCUT2D eigenvalue weighted by Gasteiger charge is -1.98. The van der Waals surface area contributed by atoms with Crippen molar-refractivity contribution in [3.05, 3.63) is 4.91 Å². The van der Waals surface area contributed by atoms with Crippen LogP contribution in [-0.4, -0.2) is 51.2 Å². The Labute approximate surface area is 87.6 Å². The third-order valence-corrected chi connectivity index (χ3v) is 0.743. The van der Waals surface area contributed by atoms with Gasteiger partial charge in [0.1, 0.15) is 0 Å². The predicted octanol–water partition coefficient (Wildman–Crippen LogP) is -2.59. The van der Waals surface area contributed by atoms with Gasteiger partial charge in [-0.15, -0.1) is 4.91 Å². The number of rotatable bonds is 2. The minimum Gasteiger partial charge on any atom is -0.392 e. The number of nitrogens with zero attached hydrogens (tertiary/aromatic N) is 1. The lowest BCUT2D eigenvalue weighted by molar-refractivity contribution is 0.117. The first kappa shape index (κ1) is 23.9. The van der Waals surface area contributed by atoms with Gasteiger partial charge in [-0.3, -0.25) is 0 Å².